The number of benzene rings is 2. The summed E-state index contributed by atoms with van der Waals surface area (Å²) in [5.41, 5.74) is 9.58. The van der Waals surface area contributed by atoms with E-state index in [9.17, 15) is 0 Å². The second kappa shape index (κ2) is 18.1. The van der Waals surface area contributed by atoms with E-state index in [2.05, 4.69) is 83.0 Å². The van der Waals surface area contributed by atoms with E-state index in [4.69, 9.17) is 0 Å². The van der Waals surface area contributed by atoms with E-state index in [-0.39, 0.29) is 46.7 Å². The number of aromatic amines is 2. The molecule has 8 nitrogen and oxygen atoms in total. The molecule has 0 unspecified atom stereocenters. The third-order valence-corrected chi connectivity index (χ3v) is 5.27. The molecule has 0 fully saturated rings. The minimum absolute atomic E-state index is 0. The Balaban J connectivity index is -0.00000181. The molecule has 198 valence electrons. The quantitative estimate of drug-likeness (QED) is 0.241. The van der Waals surface area contributed by atoms with Crippen molar-refractivity contribution in [2.45, 2.75) is 26.9 Å². The molecule has 0 aliphatic heterocycles. The summed E-state index contributed by atoms with van der Waals surface area (Å²) in [6.07, 6.45) is 3.90. The van der Waals surface area contributed by atoms with Gasteiger partial charge < -0.3 is 57.4 Å². The molecule has 36 heavy (non-hydrogen) atoms. The lowest BCUT2D eigenvalue weighted by atomic mass is 10.00. The Morgan fingerprint density at radius 2 is 0.944 bits per heavy atom. The fourth-order valence-corrected chi connectivity index (χ4v) is 3.55. The zero-order valence-corrected chi connectivity index (χ0v) is 21.8. The molecule has 4 aromatic rings. The average Bonchev–Trinajstić information content (AvgIpc) is 2.79. The Kier molecular flexibility index (Phi) is 18.7. The summed E-state index contributed by atoms with van der Waals surface area (Å²) in [6, 6.07) is 25.4. The summed E-state index contributed by atoms with van der Waals surface area (Å²) < 4.78 is 0. The normalized spacial score (nSPS) is 8.83. The summed E-state index contributed by atoms with van der Waals surface area (Å²) in [4.78, 5) is 6.51. The van der Waals surface area contributed by atoms with Crippen LogP contribution in [0.25, 0.3) is 11.1 Å². The maximum atomic E-state index is 3.52. The van der Waals surface area contributed by atoms with Crippen LogP contribution in [0.3, 0.4) is 0 Å². The number of pyridine rings is 2. The van der Waals surface area contributed by atoms with E-state index in [1.165, 1.54) is 22.3 Å². The number of rotatable bonds is 7. The van der Waals surface area contributed by atoms with Gasteiger partial charge in [0.05, 0.1) is 0 Å². The van der Waals surface area contributed by atoms with Gasteiger partial charge in [-0.3, -0.25) is 0 Å². The van der Waals surface area contributed by atoms with Crippen molar-refractivity contribution < 1.29 is 56.7 Å². The van der Waals surface area contributed by atoms with E-state index < -0.39 is 0 Å². The van der Waals surface area contributed by atoms with E-state index in [1.54, 1.807) is 0 Å². The van der Waals surface area contributed by atoms with Crippen LogP contribution in [0.2, 0.25) is 0 Å². The van der Waals surface area contributed by atoms with Crippen LogP contribution in [0.4, 0.5) is 11.4 Å². The molecule has 10 heteroatoms. The van der Waals surface area contributed by atoms with Crippen molar-refractivity contribution in [3.05, 3.63) is 108 Å². The lowest BCUT2D eigenvalue weighted by molar-refractivity contribution is -0.390. The molecule has 0 radical (unpaired) electrons. The highest BCUT2D eigenvalue weighted by Gasteiger charge is 2.07. The lowest BCUT2D eigenvalue weighted by Gasteiger charge is -2.13. The zero-order chi connectivity index (χ0) is 20.8. The minimum atomic E-state index is 0. The van der Waals surface area contributed by atoms with Gasteiger partial charge in [-0.1, -0.05) is 24.3 Å². The molecule has 0 saturated heterocycles. The van der Waals surface area contributed by atoms with Gasteiger partial charge in [0.1, 0.15) is 13.1 Å². The van der Waals surface area contributed by atoms with Crippen molar-refractivity contribution in [3.8, 4) is 11.1 Å². The van der Waals surface area contributed by atoms with Crippen molar-refractivity contribution in [1.82, 2.24) is 0 Å². The van der Waals surface area contributed by atoms with Crippen molar-refractivity contribution in [1.29, 1.82) is 0 Å². The van der Waals surface area contributed by atoms with Gasteiger partial charge >= 0.3 is 0 Å². The number of hydrogen-bond donors (Lipinski definition) is 2. The minimum Gasteiger partial charge on any atom is -1.00 e. The molecule has 0 spiro atoms. The second-order valence-electron chi connectivity index (χ2n) is 7.54. The molecule has 0 aliphatic carbocycles. The first kappa shape index (κ1) is 37.3. The molecule has 0 amide bonds. The van der Waals surface area contributed by atoms with Crippen LogP contribution in [0.5, 0.6) is 0 Å². The molecule has 4 rings (SSSR count). The van der Waals surface area contributed by atoms with Crippen molar-refractivity contribution >= 4 is 11.4 Å². The zero-order valence-electron chi connectivity index (χ0n) is 20.3. The number of H-pyrrole nitrogens is 2. The molecular weight excluding hydrogens is 503 g/mol. The first-order valence-corrected chi connectivity index (χ1v) is 10.3. The highest BCUT2D eigenvalue weighted by Crippen LogP contribution is 2.28. The van der Waals surface area contributed by atoms with Crippen molar-refractivity contribution in [2.75, 3.05) is 10.6 Å². The molecule has 0 aliphatic rings. The highest BCUT2D eigenvalue weighted by molar-refractivity contribution is 5.71. The summed E-state index contributed by atoms with van der Waals surface area (Å²) in [5, 5.41) is 7.03. The van der Waals surface area contributed by atoms with Gasteiger partial charge in [0, 0.05) is 35.6 Å². The van der Waals surface area contributed by atoms with Gasteiger partial charge in [0.15, 0.2) is 23.8 Å². The molecule has 2 aromatic heterocycles. The third-order valence-electron chi connectivity index (χ3n) is 5.27. The van der Waals surface area contributed by atoms with Gasteiger partial charge in [-0.25, -0.2) is 9.97 Å². The van der Waals surface area contributed by atoms with Crippen LogP contribution in [0.15, 0.2) is 85.2 Å². The molecular formula is C26H36Cl2N4O4. The fraction of sp³-hybridized carbons (Fsp3) is 0.154. The van der Waals surface area contributed by atoms with Crippen molar-refractivity contribution in [3.63, 3.8) is 0 Å². The SMILES string of the molecule is Cc1cc(-c2ccc(NCc3cccc[nH+]3)c(C)c2)ccc1NCc1cccc[nH+]1.O.O.O.O.[Cl-].[Cl-]. The fourth-order valence-electron chi connectivity index (χ4n) is 3.55. The first-order chi connectivity index (χ1) is 14.7. The Hall–Kier alpha value is -3.24. The molecule has 0 bridgehead atoms. The second-order valence-corrected chi connectivity index (χ2v) is 7.54. The molecule has 2 aromatic carbocycles. The summed E-state index contributed by atoms with van der Waals surface area (Å²) >= 11 is 0. The number of aryl methyl sites for hydroxylation is 2. The van der Waals surface area contributed by atoms with Crippen LogP contribution in [-0.2, 0) is 13.1 Å². The number of nitrogens with one attached hydrogen (secondary N) is 4. The predicted molar refractivity (Wildman–Crippen MR) is 136 cm³/mol. The Morgan fingerprint density at radius 1 is 0.556 bits per heavy atom. The highest BCUT2D eigenvalue weighted by atomic mass is 35.5. The smallest absolute Gasteiger partial charge is 0.198 e. The van der Waals surface area contributed by atoms with E-state index >= 15 is 0 Å². The lowest BCUT2D eigenvalue weighted by Crippen LogP contribution is -3.00. The topological polar surface area (TPSA) is 178 Å². The van der Waals surface area contributed by atoms with Crippen LogP contribution < -0.4 is 45.4 Å². The summed E-state index contributed by atoms with van der Waals surface area (Å²) in [7, 11) is 0. The maximum absolute atomic E-state index is 3.52. The number of halogens is 2. The summed E-state index contributed by atoms with van der Waals surface area (Å²) in [6.45, 7) is 5.86. The maximum Gasteiger partial charge on any atom is 0.198 e. The van der Waals surface area contributed by atoms with E-state index in [1.807, 2.05) is 36.7 Å². The van der Waals surface area contributed by atoms with Crippen molar-refractivity contribution in [2.24, 2.45) is 0 Å². The Morgan fingerprint density at radius 3 is 1.25 bits per heavy atom. The van der Waals surface area contributed by atoms with Gasteiger partial charge in [-0.15, -0.1) is 0 Å². The summed E-state index contributed by atoms with van der Waals surface area (Å²) in [5.74, 6) is 0. The number of aromatic nitrogens is 2. The average molecular weight is 540 g/mol. The van der Waals surface area contributed by atoms with Gasteiger partial charge in [0.25, 0.3) is 0 Å². The predicted octanol–water partition coefficient (Wildman–Crippen LogP) is -4.47. The van der Waals surface area contributed by atoms with Gasteiger partial charge in [0.2, 0.25) is 0 Å². The van der Waals surface area contributed by atoms with Crippen LogP contribution in [0, 0.1) is 13.8 Å². The molecule has 0 atom stereocenters. The van der Waals surface area contributed by atoms with Gasteiger partial charge in [-0.2, -0.15) is 0 Å². The van der Waals surface area contributed by atoms with Crippen LogP contribution in [0.1, 0.15) is 22.5 Å². The van der Waals surface area contributed by atoms with Gasteiger partial charge in [-0.05, 0) is 60.4 Å². The largest absolute Gasteiger partial charge is 1.00 e. The molecule has 0 saturated carbocycles. The first-order valence-electron chi connectivity index (χ1n) is 10.3. The number of anilines is 2. The van der Waals surface area contributed by atoms with E-state index in [0.717, 1.165) is 35.9 Å². The monoisotopic (exact) mass is 538 g/mol. The van der Waals surface area contributed by atoms with E-state index in [0.29, 0.717) is 0 Å². The Bertz CT molecular complexity index is 1050. The van der Waals surface area contributed by atoms with Crippen LogP contribution >= 0.6 is 0 Å². The standard InChI is InChI=1S/C26H26N4.2ClH.4H2O/c1-19-15-21(9-11-25(19)29-17-23-7-3-5-13-27-23)22-10-12-26(20(2)16-22)30-18-24-8-4-6-14-28-24;;;;;;/h3-16,29-30H,17-18H2,1-2H3;2*1H;4*1H2. The molecule has 12 N–H and O–H groups in total. The molecule has 2 heterocycles. The third kappa shape index (κ3) is 9.79. The van der Waals surface area contributed by atoms with Crippen LogP contribution in [-0.4, -0.2) is 21.9 Å². The Labute approximate surface area is 224 Å². The number of hydrogen-bond acceptors (Lipinski definition) is 2.